The van der Waals surface area contributed by atoms with Gasteiger partial charge in [0.15, 0.2) is 0 Å². The van der Waals surface area contributed by atoms with E-state index >= 15 is 0 Å². The van der Waals surface area contributed by atoms with Crippen LogP contribution < -0.4 is 21.4 Å². The summed E-state index contributed by atoms with van der Waals surface area (Å²) in [5, 5.41) is 40.0. The van der Waals surface area contributed by atoms with Gasteiger partial charge in [-0.15, -0.1) is 11.3 Å². The Morgan fingerprint density at radius 2 is 1.36 bits per heavy atom. The van der Waals surface area contributed by atoms with Gasteiger partial charge in [-0.05, 0) is 90.8 Å². The third-order valence-corrected chi connectivity index (χ3v) is 17.4. The number of nitrogens with one attached hydrogen (secondary N) is 4. The van der Waals surface area contributed by atoms with Crippen molar-refractivity contribution in [2.45, 2.75) is 122 Å². The number of aryl methyl sites for hydroxylation is 1. The van der Waals surface area contributed by atoms with Gasteiger partial charge in [0.2, 0.25) is 23.6 Å². The normalized spacial score (nSPS) is 16.9. The van der Waals surface area contributed by atoms with E-state index in [0.717, 1.165) is 91.9 Å². The monoisotopic (exact) mass is 1270 g/mol. The largest absolute Gasteiger partial charge is 0.393 e. The first-order chi connectivity index (χ1) is 44.6. The van der Waals surface area contributed by atoms with Crippen LogP contribution in [0.4, 0.5) is 0 Å². The molecule has 20 nitrogen and oxygen atoms in total. The Bertz CT molecular complexity index is 3660. The van der Waals surface area contributed by atoms with Crippen LogP contribution in [0.2, 0.25) is 0 Å². The van der Waals surface area contributed by atoms with Crippen molar-refractivity contribution in [3.8, 4) is 44.7 Å². The van der Waals surface area contributed by atoms with E-state index in [-0.39, 0.29) is 76.5 Å². The highest BCUT2D eigenvalue weighted by Crippen LogP contribution is 2.40. The number of hydrogen-bond donors (Lipinski definition) is 6. The number of fused-ring (bicyclic) bond motifs is 1. The molecule has 4 heterocycles. The zero-order valence-electron chi connectivity index (χ0n) is 53.2. The summed E-state index contributed by atoms with van der Waals surface area (Å²) >= 11 is 1.57. The standard InChI is InChI=1S/C71H87N9O11S/c1-49-65(92-48-76-49)55-25-23-51(24-26-55)42-74-69(85)59-41-58(82)44-78(59)70(86)66(71(2,3)4)77-61(84)46-91-39-37-89-35-33-87-32-34-88-36-38-90-45-60(83)73-31-14-6-5-9-16-50-17-15-18-52(40-50)43-79-64(54-21-12-8-13-22-54)62(53-19-10-7-11-20-53)63-67(72)80(47-75-68(63)79)56-27-29-57(81)30-28-56/h7-8,10-13,15,17-26,40,47-48,56-59,66,72,81-82H,5-6,14,27-39,41-46H2,1-4H3,(H,73,83)(H,74,85)(H,77,84)/t56?,57?,58-,59+,66-/m1/s1. The van der Waals surface area contributed by atoms with Crippen LogP contribution in [0.5, 0.6) is 0 Å². The van der Waals surface area contributed by atoms with Crippen molar-refractivity contribution in [1.82, 2.24) is 40.0 Å². The van der Waals surface area contributed by atoms with Crippen molar-refractivity contribution in [2.75, 3.05) is 79.2 Å². The zero-order valence-corrected chi connectivity index (χ0v) is 54.0. The summed E-state index contributed by atoms with van der Waals surface area (Å²) in [7, 11) is 0. The minimum Gasteiger partial charge on any atom is -0.393 e. The molecule has 0 radical (unpaired) electrons. The zero-order chi connectivity index (χ0) is 64.8. The number of amides is 4. The molecule has 3 aromatic heterocycles. The van der Waals surface area contributed by atoms with Crippen molar-refractivity contribution in [1.29, 1.82) is 5.41 Å². The number of nitrogens with zero attached hydrogens (tertiary/aromatic N) is 5. The maximum absolute atomic E-state index is 14.0. The molecule has 9 rings (SSSR count). The molecule has 21 heteroatoms. The summed E-state index contributed by atoms with van der Waals surface area (Å²) in [5.41, 5.74) is 11.2. The maximum atomic E-state index is 14.0. The molecule has 7 aromatic rings. The number of carbonyl (C=O) groups excluding carboxylic acids is 4. The van der Waals surface area contributed by atoms with Gasteiger partial charge in [0.05, 0.1) is 98.6 Å². The second-order valence-corrected chi connectivity index (χ2v) is 25.3. The van der Waals surface area contributed by atoms with Crippen molar-refractivity contribution in [2.24, 2.45) is 5.41 Å². The van der Waals surface area contributed by atoms with Crippen LogP contribution in [-0.4, -0.2) is 161 Å². The molecule has 1 aliphatic carbocycles. The van der Waals surface area contributed by atoms with Crippen molar-refractivity contribution in [3.63, 3.8) is 0 Å². The number of benzene rings is 4. The second-order valence-electron chi connectivity index (χ2n) is 24.4. The first kappa shape index (κ1) is 68.5. The first-order valence-electron chi connectivity index (χ1n) is 31.9. The lowest BCUT2D eigenvalue weighted by Crippen LogP contribution is -2.58. The van der Waals surface area contributed by atoms with E-state index in [1.54, 1.807) is 11.3 Å². The Kier molecular flexibility index (Phi) is 25.4. The van der Waals surface area contributed by atoms with Crippen LogP contribution in [0.1, 0.15) is 101 Å². The van der Waals surface area contributed by atoms with Gasteiger partial charge in [0.1, 0.15) is 36.4 Å². The van der Waals surface area contributed by atoms with E-state index in [1.807, 2.05) is 117 Å². The van der Waals surface area contributed by atoms with Gasteiger partial charge in [-0.2, -0.15) is 0 Å². The average Bonchev–Trinajstić information content (AvgIpc) is 1.57. The molecule has 4 amide bonds. The molecule has 1 aliphatic heterocycles. The number of thiazole rings is 1. The Labute approximate surface area is 542 Å². The summed E-state index contributed by atoms with van der Waals surface area (Å²) in [6, 6.07) is 35.0. The number of likely N-dealkylation sites (tertiary alicyclic amines) is 1. The summed E-state index contributed by atoms with van der Waals surface area (Å²) in [6.45, 7) is 10.6. The number of rotatable bonds is 31. The smallest absolute Gasteiger partial charge is 0.246 e. The SMILES string of the molecule is Cc1ncsc1-c1ccc(CNC(=O)[C@@H]2C[C@@H](O)CN2C(=O)[C@@H](NC(=O)COCCOCCOCCOCCOCC(=O)NCCCCC#Cc2cccc(Cn3c(-c4ccccc4)c(-c4ccccc4)c4c(=N)n(C5CCC(O)CC5)cnc43)c2)C(C)(C)C)cc1. The summed E-state index contributed by atoms with van der Waals surface area (Å²) < 4.78 is 32.0. The molecular weight excluding hydrogens is 1190 g/mol. The molecule has 1 saturated heterocycles. The number of unbranched alkanes of at least 4 members (excludes halogenated alkanes) is 2. The van der Waals surface area contributed by atoms with Gasteiger partial charge in [-0.1, -0.05) is 130 Å². The minimum absolute atomic E-state index is 0.0269. The third kappa shape index (κ3) is 19.1. The molecular formula is C71H87N9O11S. The summed E-state index contributed by atoms with van der Waals surface area (Å²) in [6.07, 6.45) is 6.03. The minimum atomic E-state index is -0.979. The van der Waals surface area contributed by atoms with Crippen LogP contribution in [0, 0.1) is 29.6 Å². The van der Waals surface area contributed by atoms with E-state index in [4.69, 9.17) is 28.7 Å². The quantitative estimate of drug-likeness (QED) is 0.0178. The molecule has 0 bridgehead atoms. The molecule has 6 N–H and O–H groups in total. The second kappa shape index (κ2) is 34.1. The molecule has 1 saturated carbocycles. The maximum Gasteiger partial charge on any atom is 0.246 e. The molecule has 488 valence electrons. The average molecular weight is 1270 g/mol. The predicted molar refractivity (Wildman–Crippen MR) is 353 cm³/mol. The number of aliphatic hydroxyl groups is 2. The van der Waals surface area contributed by atoms with Crippen LogP contribution in [-0.2, 0) is 56.0 Å². The Morgan fingerprint density at radius 3 is 2.00 bits per heavy atom. The highest BCUT2D eigenvalue weighted by atomic mass is 32.1. The van der Waals surface area contributed by atoms with Gasteiger partial charge >= 0.3 is 0 Å². The summed E-state index contributed by atoms with van der Waals surface area (Å²) in [4.78, 5) is 64.7. The lowest BCUT2D eigenvalue weighted by Gasteiger charge is -2.35. The first-order valence-corrected chi connectivity index (χ1v) is 32.8. The molecule has 0 unspecified atom stereocenters. The van der Waals surface area contributed by atoms with Crippen molar-refractivity contribution in [3.05, 3.63) is 149 Å². The molecule has 2 aliphatic rings. The van der Waals surface area contributed by atoms with E-state index in [9.17, 15) is 34.8 Å². The molecule has 92 heavy (non-hydrogen) atoms. The van der Waals surface area contributed by atoms with E-state index < -0.39 is 35.4 Å². The van der Waals surface area contributed by atoms with Crippen molar-refractivity contribution >= 4 is 46.0 Å². The van der Waals surface area contributed by atoms with Gasteiger partial charge < -0.3 is 63.9 Å². The number of carbonyl (C=O) groups is 4. The van der Waals surface area contributed by atoms with Gasteiger partial charge in [0, 0.05) is 56.2 Å². The Hall–Kier alpha value is -7.91. The van der Waals surface area contributed by atoms with Crippen molar-refractivity contribution < 1.29 is 53.1 Å². The van der Waals surface area contributed by atoms with Gasteiger partial charge in [0.25, 0.3) is 0 Å². The van der Waals surface area contributed by atoms with Crippen LogP contribution in [0.3, 0.4) is 0 Å². The number of aliphatic hydroxyl groups excluding tert-OH is 2. The fourth-order valence-corrected chi connectivity index (χ4v) is 12.4. The molecule has 4 aromatic carbocycles. The highest BCUT2D eigenvalue weighted by molar-refractivity contribution is 7.13. The number of ether oxygens (including phenoxy) is 5. The Morgan fingerprint density at radius 1 is 0.717 bits per heavy atom. The van der Waals surface area contributed by atoms with E-state index in [2.05, 4.69) is 73.7 Å². The van der Waals surface area contributed by atoms with E-state index in [1.165, 1.54) is 4.90 Å². The van der Waals surface area contributed by atoms with Crippen LogP contribution >= 0.6 is 11.3 Å². The third-order valence-electron chi connectivity index (χ3n) is 16.4. The highest BCUT2D eigenvalue weighted by Gasteiger charge is 2.44. The summed E-state index contributed by atoms with van der Waals surface area (Å²) in [5.74, 6) is 5.14. The van der Waals surface area contributed by atoms with Crippen LogP contribution in [0.25, 0.3) is 43.9 Å². The van der Waals surface area contributed by atoms with Gasteiger partial charge in [-0.3, -0.25) is 24.6 Å². The topological polar surface area (TPSA) is 254 Å². The van der Waals surface area contributed by atoms with Gasteiger partial charge in [-0.25, -0.2) is 9.97 Å². The Balaban J connectivity index is 0.604. The van der Waals surface area contributed by atoms with E-state index in [0.29, 0.717) is 70.9 Å². The van der Waals surface area contributed by atoms with Crippen LogP contribution in [0.15, 0.2) is 121 Å². The lowest BCUT2D eigenvalue weighted by molar-refractivity contribution is -0.144. The lowest BCUT2D eigenvalue weighted by atomic mass is 9.85. The molecule has 2 fully saturated rings. The molecule has 0 spiro atoms. The fourth-order valence-electron chi connectivity index (χ4n) is 11.6. The number of hydrogen-bond acceptors (Lipinski definition) is 15. The number of β-amino-alcohol motifs (C(OH)–C–C–N with tert-alkyl or cyclic N) is 1. The fraction of sp³-hybridized carbons (Fsp3) is 0.451. The molecule has 3 atom stereocenters. The predicted octanol–water partition coefficient (Wildman–Crippen LogP) is 8.14. The number of aromatic nitrogens is 4.